The number of nitrogens with one attached hydrogen (secondary N) is 1. The van der Waals surface area contributed by atoms with E-state index in [1.807, 2.05) is 0 Å². The van der Waals surface area contributed by atoms with Crippen LogP contribution in [0.2, 0.25) is 0 Å². The molecule has 2 heterocycles. The van der Waals surface area contributed by atoms with Gasteiger partial charge in [-0.25, -0.2) is 9.78 Å². The molecule has 1 N–H and O–H groups in total. The van der Waals surface area contributed by atoms with E-state index < -0.39 is 17.5 Å². The van der Waals surface area contributed by atoms with Crippen LogP contribution in [-0.4, -0.2) is 35.2 Å². The molecule has 2 aliphatic carbocycles. The molecule has 0 bridgehead atoms. The molecule has 138 valence electrons. The molecule has 3 fully saturated rings. The number of alkyl halides is 3. The lowest BCUT2D eigenvalue weighted by Gasteiger charge is -2.54. The van der Waals surface area contributed by atoms with Crippen molar-refractivity contribution in [3.8, 4) is 0 Å². The number of likely N-dealkylation sites (tertiary alicyclic amines) is 1. The van der Waals surface area contributed by atoms with Crippen molar-refractivity contribution in [1.29, 1.82) is 0 Å². The minimum absolute atomic E-state index is 0.00887. The zero-order chi connectivity index (χ0) is 17.7. The molecule has 1 aliphatic heterocycles. The summed E-state index contributed by atoms with van der Waals surface area (Å²) in [5.41, 5.74) is -0.779. The minimum Gasteiger partial charge on any atom is -0.444 e. The molecule has 2 saturated carbocycles. The van der Waals surface area contributed by atoms with Crippen LogP contribution in [0.15, 0.2) is 10.6 Å². The average Bonchev–Trinajstić information content (AvgIpc) is 3.28. The monoisotopic (exact) mass is 357 g/mol. The van der Waals surface area contributed by atoms with E-state index in [1.165, 1.54) is 4.90 Å². The fraction of sp³-hybridized carbons (Fsp3) is 0.765. The molecule has 1 atom stereocenters. The van der Waals surface area contributed by atoms with Crippen LogP contribution in [0.25, 0.3) is 0 Å². The predicted molar refractivity (Wildman–Crippen MR) is 82.7 cm³/mol. The topological polar surface area (TPSA) is 58.4 Å². The number of halogens is 3. The van der Waals surface area contributed by atoms with Gasteiger partial charge in [0.15, 0.2) is 5.89 Å². The van der Waals surface area contributed by atoms with Crippen molar-refractivity contribution in [3.63, 3.8) is 0 Å². The van der Waals surface area contributed by atoms with Gasteiger partial charge < -0.3 is 14.6 Å². The molecule has 0 aromatic carbocycles. The van der Waals surface area contributed by atoms with Gasteiger partial charge in [0.05, 0.1) is 18.7 Å². The van der Waals surface area contributed by atoms with E-state index in [2.05, 4.69) is 10.3 Å². The van der Waals surface area contributed by atoms with Crippen LogP contribution in [0.5, 0.6) is 0 Å². The van der Waals surface area contributed by atoms with Gasteiger partial charge in [0.1, 0.15) is 5.76 Å². The molecular weight excluding hydrogens is 335 g/mol. The zero-order valence-corrected chi connectivity index (χ0v) is 13.9. The van der Waals surface area contributed by atoms with Gasteiger partial charge in [0, 0.05) is 19.0 Å². The summed E-state index contributed by atoms with van der Waals surface area (Å²) >= 11 is 0. The molecule has 3 aliphatic rings. The van der Waals surface area contributed by atoms with Gasteiger partial charge in [0.2, 0.25) is 0 Å². The van der Waals surface area contributed by atoms with E-state index in [4.69, 9.17) is 4.42 Å². The quantitative estimate of drug-likeness (QED) is 0.895. The number of urea groups is 1. The van der Waals surface area contributed by atoms with E-state index in [1.54, 1.807) is 6.20 Å². The Kier molecular flexibility index (Phi) is 3.96. The number of aromatic nitrogens is 1. The van der Waals surface area contributed by atoms with E-state index in [0.29, 0.717) is 30.4 Å². The summed E-state index contributed by atoms with van der Waals surface area (Å²) in [6.45, 7) is 0.541. The Morgan fingerprint density at radius 2 is 2.12 bits per heavy atom. The molecule has 1 aromatic rings. The number of rotatable bonds is 3. The lowest BCUT2D eigenvalue weighted by molar-refractivity contribution is -0.235. The Bertz CT molecular complexity index is 650. The van der Waals surface area contributed by atoms with Gasteiger partial charge in [-0.15, -0.1) is 0 Å². The Hall–Kier alpha value is -1.73. The van der Waals surface area contributed by atoms with E-state index >= 15 is 0 Å². The maximum Gasteiger partial charge on any atom is 0.392 e. The Morgan fingerprint density at radius 3 is 2.72 bits per heavy atom. The second-order valence-corrected chi connectivity index (χ2v) is 7.62. The third kappa shape index (κ3) is 3.22. The van der Waals surface area contributed by atoms with Crippen LogP contribution in [0.1, 0.15) is 56.1 Å². The van der Waals surface area contributed by atoms with Gasteiger partial charge in [0.25, 0.3) is 0 Å². The van der Waals surface area contributed by atoms with Crippen LogP contribution in [0, 0.1) is 11.3 Å². The first-order valence-electron chi connectivity index (χ1n) is 8.91. The molecule has 2 amide bonds. The van der Waals surface area contributed by atoms with Gasteiger partial charge >= 0.3 is 12.2 Å². The molecule has 1 saturated heterocycles. The number of hydrogen-bond donors (Lipinski definition) is 1. The van der Waals surface area contributed by atoms with Crippen molar-refractivity contribution in [3.05, 3.63) is 17.8 Å². The molecule has 0 radical (unpaired) electrons. The summed E-state index contributed by atoms with van der Waals surface area (Å²) in [5, 5.41) is 2.75. The number of nitrogens with zero attached hydrogens (tertiary/aromatic N) is 2. The van der Waals surface area contributed by atoms with Gasteiger partial charge in [-0.05, 0) is 37.5 Å². The second-order valence-electron chi connectivity index (χ2n) is 7.62. The smallest absolute Gasteiger partial charge is 0.392 e. The number of hydrogen-bond acceptors (Lipinski definition) is 3. The zero-order valence-electron chi connectivity index (χ0n) is 13.9. The third-order valence-corrected chi connectivity index (χ3v) is 5.88. The fourth-order valence-corrected chi connectivity index (χ4v) is 4.18. The highest BCUT2D eigenvalue weighted by atomic mass is 19.4. The van der Waals surface area contributed by atoms with Crippen LogP contribution < -0.4 is 5.32 Å². The SMILES string of the molecule is O=C(NCc1cnc(C2CC2)o1)N1CC[C@@H](C(F)(F)F)C2(CCC2)C1. The van der Waals surface area contributed by atoms with E-state index in [0.717, 1.165) is 19.3 Å². The second kappa shape index (κ2) is 5.92. The standard InChI is InChI=1S/C17H22F3N3O2/c18-17(19,20)13-4-7-23(10-16(13)5-1-6-16)15(24)22-9-12-8-21-14(25-12)11-2-3-11/h8,11,13H,1-7,9-10H2,(H,22,24)/t13-/m1/s1. The van der Waals surface area contributed by atoms with Gasteiger partial charge in [-0.2, -0.15) is 13.2 Å². The molecular formula is C17H22F3N3O2. The lowest BCUT2D eigenvalue weighted by Crippen LogP contribution is -2.59. The van der Waals surface area contributed by atoms with Crippen molar-refractivity contribution in [2.45, 2.75) is 57.2 Å². The molecule has 1 spiro atoms. The Labute approximate surface area is 144 Å². The number of carbonyl (C=O) groups is 1. The predicted octanol–water partition coefficient (Wildman–Crippen LogP) is 3.82. The maximum absolute atomic E-state index is 13.3. The highest BCUT2D eigenvalue weighted by Gasteiger charge is 2.58. The van der Waals surface area contributed by atoms with Crippen molar-refractivity contribution in [2.24, 2.45) is 11.3 Å². The molecule has 25 heavy (non-hydrogen) atoms. The van der Waals surface area contributed by atoms with Crippen LogP contribution in [0.4, 0.5) is 18.0 Å². The molecule has 4 rings (SSSR count). The normalized spacial score (nSPS) is 25.7. The molecule has 5 nitrogen and oxygen atoms in total. The molecule has 1 aromatic heterocycles. The van der Waals surface area contributed by atoms with Crippen LogP contribution in [0.3, 0.4) is 0 Å². The molecule has 0 unspecified atom stereocenters. The van der Waals surface area contributed by atoms with Crippen molar-refractivity contribution in [1.82, 2.24) is 15.2 Å². The maximum atomic E-state index is 13.3. The molecule has 8 heteroatoms. The van der Waals surface area contributed by atoms with Gasteiger partial charge in [-0.1, -0.05) is 6.42 Å². The number of amides is 2. The van der Waals surface area contributed by atoms with Crippen molar-refractivity contribution >= 4 is 6.03 Å². The minimum atomic E-state index is -4.18. The third-order valence-electron chi connectivity index (χ3n) is 5.88. The largest absolute Gasteiger partial charge is 0.444 e. The Balaban J connectivity index is 1.34. The van der Waals surface area contributed by atoms with E-state index in [9.17, 15) is 18.0 Å². The summed E-state index contributed by atoms with van der Waals surface area (Å²) in [7, 11) is 0. The first kappa shape index (κ1) is 16.7. The highest BCUT2D eigenvalue weighted by molar-refractivity contribution is 5.74. The number of carbonyl (C=O) groups excluding carboxylic acids is 1. The fourth-order valence-electron chi connectivity index (χ4n) is 4.18. The number of piperidine rings is 1. The Morgan fingerprint density at radius 1 is 1.36 bits per heavy atom. The summed E-state index contributed by atoms with van der Waals surface area (Å²) in [6.07, 6.45) is 1.50. The first-order valence-corrected chi connectivity index (χ1v) is 8.91. The van der Waals surface area contributed by atoms with E-state index in [-0.39, 0.29) is 32.1 Å². The average molecular weight is 357 g/mol. The highest BCUT2D eigenvalue weighted by Crippen LogP contribution is 2.56. The van der Waals surface area contributed by atoms with Crippen molar-refractivity contribution in [2.75, 3.05) is 13.1 Å². The van der Waals surface area contributed by atoms with Crippen LogP contribution >= 0.6 is 0 Å². The van der Waals surface area contributed by atoms with Crippen LogP contribution in [-0.2, 0) is 6.54 Å². The first-order chi connectivity index (χ1) is 11.9. The summed E-state index contributed by atoms with van der Waals surface area (Å²) < 4.78 is 45.5. The summed E-state index contributed by atoms with van der Waals surface area (Å²) in [4.78, 5) is 18.1. The summed E-state index contributed by atoms with van der Waals surface area (Å²) in [6, 6.07) is -0.323. The van der Waals surface area contributed by atoms with Crippen molar-refractivity contribution < 1.29 is 22.4 Å². The summed E-state index contributed by atoms with van der Waals surface area (Å²) in [5.74, 6) is 0.417. The lowest BCUT2D eigenvalue weighted by atomic mass is 9.58. The number of oxazole rings is 1. The van der Waals surface area contributed by atoms with Gasteiger partial charge in [-0.3, -0.25) is 0 Å².